The summed E-state index contributed by atoms with van der Waals surface area (Å²) in [5.74, 6) is 0.589. The molecule has 1 fully saturated rings. The van der Waals surface area contributed by atoms with Gasteiger partial charge in [0.15, 0.2) is 0 Å². The summed E-state index contributed by atoms with van der Waals surface area (Å²) in [6.45, 7) is 10.6. The van der Waals surface area contributed by atoms with Crippen molar-refractivity contribution in [2.24, 2.45) is 0 Å². The van der Waals surface area contributed by atoms with Crippen LogP contribution in [0.2, 0.25) is 0 Å². The Morgan fingerprint density at radius 1 is 1.17 bits per heavy atom. The van der Waals surface area contributed by atoms with Crippen molar-refractivity contribution in [2.45, 2.75) is 58.7 Å². The standard InChI is InChI=1S/C18H27BO5/c1-13-12-14(19-23-17(2,3)18(4,5)24-19)9-10-15(13)22-11-7-8-16(20)21-6/h9-10,12H,7-8,11H2,1-6H3. The molecule has 1 aromatic carbocycles. The van der Waals surface area contributed by atoms with E-state index >= 15 is 0 Å². The van der Waals surface area contributed by atoms with Crippen LogP contribution >= 0.6 is 0 Å². The van der Waals surface area contributed by atoms with Gasteiger partial charge in [-0.1, -0.05) is 12.1 Å². The highest BCUT2D eigenvalue weighted by atomic mass is 16.7. The zero-order chi connectivity index (χ0) is 18.0. The van der Waals surface area contributed by atoms with E-state index in [4.69, 9.17) is 14.0 Å². The minimum absolute atomic E-state index is 0.216. The van der Waals surface area contributed by atoms with Crippen LogP contribution in [0.4, 0.5) is 0 Å². The Bertz CT molecular complexity index is 581. The van der Waals surface area contributed by atoms with Gasteiger partial charge in [-0.05, 0) is 58.1 Å². The second-order valence-corrected chi connectivity index (χ2v) is 7.14. The maximum atomic E-state index is 11.1. The molecule has 1 aliphatic heterocycles. The number of carbonyl (C=O) groups is 1. The molecule has 0 atom stereocenters. The van der Waals surface area contributed by atoms with Crippen molar-refractivity contribution in [3.63, 3.8) is 0 Å². The molecule has 0 spiro atoms. The Hall–Kier alpha value is -1.53. The molecule has 0 bridgehead atoms. The second-order valence-electron chi connectivity index (χ2n) is 7.14. The molecule has 0 aromatic heterocycles. The molecule has 1 saturated heterocycles. The summed E-state index contributed by atoms with van der Waals surface area (Å²) in [5, 5.41) is 0. The Morgan fingerprint density at radius 2 is 1.79 bits per heavy atom. The van der Waals surface area contributed by atoms with Crippen LogP contribution in [0.1, 0.15) is 46.1 Å². The molecule has 6 heteroatoms. The van der Waals surface area contributed by atoms with Crippen molar-refractivity contribution in [1.82, 2.24) is 0 Å². The topological polar surface area (TPSA) is 54.0 Å². The molecule has 1 aliphatic rings. The van der Waals surface area contributed by atoms with Gasteiger partial charge in [0.25, 0.3) is 0 Å². The highest BCUT2D eigenvalue weighted by Crippen LogP contribution is 2.36. The van der Waals surface area contributed by atoms with Crippen LogP contribution in [0.3, 0.4) is 0 Å². The van der Waals surface area contributed by atoms with E-state index in [1.54, 1.807) is 0 Å². The van der Waals surface area contributed by atoms with Crippen molar-refractivity contribution >= 4 is 18.6 Å². The summed E-state index contributed by atoms with van der Waals surface area (Å²) in [7, 11) is 1.02. The second kappa shape index (κ2) is 7.15. The van der Waals surface area contributed by atoms with Gasteiger partial charge in [0.05, 0.1) is 24.9 Å². The van der Waals surface area contributed by atoms with Crippen LogP contribution < -0.4 is 10.2 Å². The molecule has 24 heavy (non-hydrogen) atoms. The molecule has 0 saturated carbocycles. The largest absolute Gasteiger partial charge is 0.494 e. The third-order valence-electron chi connectivity index (χ3n) is 4.73. The lowest BCUT2D eigenvalue weighted by Crippen LogP contribution is -2.41. The van der Waals surface area contributed by atoms with E-state index in [9.17, 15) is 4.79 Å². The maximum Gasteiger partial charge on any atom is 0.494 e. The molecule has 5 nitrogen and oxygen atoms in total. The SMILES string of the molecule is COC(=O)CCCOc1ccc(B2OC(C)(C)C(C)(C)O2)cc1C. The Labute approximate surface area is 144 Å². The smallest absolute Gasteiger partial charge is 0.493 e. The highest BCUT2D eigenvalue weighted by molar-refractivity contribution is 6.62. The van der Waals surface area contributed by atoms with E-state index in [2.05, 4.69) is 4.74 Å². The molecule has 0 aliphatic carbocycles. The van der Waals surface area contributed by atoms with Gasteiger partial charge < -0.3 is 18.8 Å². The number of ether oxygens (including phenoxy) is 2. The molecule has 0 radical (unpaired) electrons. The van der Waals surface area contributed by atoms with Crippen LogP contribution in [0.25, 0.3) is 0 Å². The molecule has 132 valence electrons. The average molecular weight is 334 g/mol. The number of carbonyl (C=O) groups excluding carboxylic acids is 1. The predicted octanol–water partition coefficient (Wildman–Crippen LogP) is 2.63. The van der Waals surface area contributed by atoms with Crippen molar-refractivity contribution in [1.29, 1.82) is 0 Å². The third-order valence-corrected chi connectivity index (χ3v) is 4.73. The first-order chi connectivity index (χ1) is 11.2. The Balaban J connectivity index is 1.97. The number of aryl methyl sites for hydroxylation is 1. The van der Waals surface area contributed by atoms with E-state index in [1.165, 1.54) is 7.11 Å². The lowest BCUT2D eigenvalue weighted by atomic mass is 9.78. The zero-order valence-corrected chi connectivity index (χ0v) is 15.5. The lowest BCUT2D eigenvalue weighted by Gasteiger charge is -2.32. The molecular weight excluding hydrogens is 307 g/mol. The normalized spacial score (nSPS) is 18.5. The summed E-state index contributed by atoms with van der Waals surface area (Å²) >= 11 is 0. The number of hydrogen-bond acceptors (Lipinski definition) is 5. The maximum absolute atomic E-state index is 11.1. The summed E-state index contributed by atoms with van der Waals surface area (Å²) in [6, 6.07) is 5.91. The molecule has 0 N–H and O–H groups in total. The number of benzene rings is 1. The van der Waals surface area contributed by atoms with E-state index in [1.807, 2.05) is 52.8 Å². The molecule has 2 rings (SSSR count). The average Bonchev–Trinajstić information content (AvgIpc) is 2.72. The van der Waals surface area contributed by atoms with E-state index in [0.29, 0.717) is 19.4 Å². The first-order valence-electron chi connectivity index (χ1n) is 8.32. The quantitative estimate of drug-likeness (QED) is 0.455. The van der Waals surface area contributed by atoms with Gasteiger partial charge in [-0.15, -0.1) is 0 Å². The van der Waals surface area contributed by atoms with Gasteiger partial charge in [-0.25, -0.2) is 0 Å². The minimum atomic E-state index is -0.373. The van der Waals surface area contributed by atoms with Gasteiger partial charge in [0.2, 0.25) is 0 Å². The van der Waals surface area contributed by atoms with Gasteiger partial charge in [-0.3, -0.25) is 4.79 Å². The summed E-state index contributed by atoms with van der Waals surface area (Å²) < 4.78 is 22.5. The molecular formula is C18H27BO5. The summed E-state index contributed by atoms with van der Waals surface area (Å²) in [6.07, 6.45) is 0.993. The number of esters is 1. The fourth-order valence-electron chi connectivity index (χ4n) is 2.46. The van der Waals surface area contributed by atoms with E-state index in [-0.39, 0.29) is 24.3 Å². The first-order valence-corrected chi connectivity index (χ1v) is 8.32. The van der Waals surface area contributed by atoms with Crippen LogP contribution in [0.15, 0.2) is 18.2 Å². The number of rotatable bonds is 6. The van der Waals surface area contributed by atoms with Gasteiger partial charge in [0.1, 0.15) is 5.75 Å². The van der Waals surface area contributed by atoms with Crippen LogP contribution in [0, 0.1) is 6.92 Å². The van der Waals surface area contributed by atoms with E-state index in [0.717, 1.165) is 16.8 Å². The minimum Gasteiger partial charge on any atom is -0.493 e. The monoisotopic (exact) mass is 334 g/mol. The van der Waals surface area contributed by atoms with Crippen molar-refractivity contribution in [3.05, 3.63) is 23.8 Å². The van der Waals surface area contributed by atoms with Gasteiger partial charge >= 0.3 is 13.1 Å². The lowest BCUT2D eigenvalue weighted by molar-refractivity contribution is -0.140. The third kappa shape index (κ3) is 4.11. The zero-order valence-electron chi connectivity index (χ0n) is 15.5. The van der Waals surface area contributed by atoms with Gasteiger partial charge in [0, 0.05) is 6.42 Å². The van der Waals surface area contributed by atoms with Crippen molar-refractivity contribution in [2.75, 3.05) is 13.7 Å². The fraction of sp³-hybridized carbons (Fsp3) is 0.611. The van der Waals surface area contributed by atoms with Crippen molar-refractivity contribution in [3.8, 4) is 5.75 Å². The Morgan fingerprint density at radius 3 is 2.33 bits per heavy atom. The summed E-state index contributed by atoms with van der Waals surface area (Å²) in [5.41, 5.74) is 1.29. The van der Waals surface area contributed by atoms with E-state index < -0.39 is 0 Å². The van der Waals surface area contributed by atoms with Crippen LogP contribution in [0.5, 0.6) is 5.75 Å². The van der Waals surface area contributed by atoms with Crippen LogP contribution in [-0.2, 0) is 18.8 Å². The molecule has 0 unspecified atom stereocenters. The van der Waals surface area contributed by atoms with Gasteiger partial charge in [-0.2, -0.15) is 0 Å². The predicted molar refractivity (Wildman–Crippen MR) is 93.6 cm³/mol. The number of hydrogen-bond donors (Lipinski definition) is 0. The fourth-order valence-corrected chi connectivity index (χ4v) is 2.46. The molecule has 1 aromatic rings. The molecule has 1 heterocycles. The van der Waals surface area contributed by atoms with Crippen LogP contribution in [-0.4, -0.2) is 38.0 Å². The van der Waals surface area contributed by atoms with Crippen molar-refractivity contribution < 1.29 is 23.6 Å². The summed E-state index contributed by atoms with van der Waals surface area (Å²) in [4.78, 5) is 11.1. The first kappa shape index (κ1) is 18.8. The Kier molecular flexibility index (Phi) is 5.61. The number of methoxy groups -OCH3 is 1. The highest BCUT2D eigenvalue weighted by Gasteiger charge is 2.51. The molecule has 0 amide bonds.